The van der Waals surface area contributed by atoms with Gasteiger partial charge in [-0.2, -0.15) is 5.26 Å². The highest BCUT2D eigenvalue weighted by Crippen LogP contribution is 2.32. The third-order valence-corrected chi connectivity index (χ3v) is 4.04. The molecule has 1 fully saturated rings. The number of nitrogens with zero attached hydrogens (tertiary/aromatic N) is 2. The molecule has 0 amide bonds. The van der Waals surface area contributed by atoms with Crippen LogP contribution in [-0.4, -0.2) is 25.0 Å². The van der Waals surface area contributed by atoms with Gasteiger partial charge in [-0.25, -0.2) is 4.39 Å². The van der Waals surface area contributed by atoms with Gasteiger partial charge >= 0.3 is 0 Å². The first-order valence-corrected chi connectivity index (χ1v) is 6.95. The highest BCUT2D eigenvalue weighted by Gasteiger charge is 2.22. The van der Waals surface area contributed by atoms with E-state index in [0.29, 0.717) is 17.0 Å². The van der Waals surface area contributed by atoms with Gasteiger partial charge in [-0.15, -0.1) is 0 Å². The highest BCUT2D eigenvalue weighted by atomic mass is 19.1. The molecule has 19 heavy (non-hydrogen) atoms. The Morgan fingerprint density at radius 2 is 1.95 bits per heavy atom. The van der Waals surface area contributed by atoms with Gasteiger partial charge in [-0.05, 0) is 62.5 Å². The van der Waals surface area contributed by atoms with Crippen molar-refractivity contribution in [3.63, 3.8) is 0 Å². The minimum atomic E-state index is -0.219. The number of piperidine rings is 1. The second kappa shape index (κ2) is 5.71. The Balaban J connectivity index is 2.33. The first-order chi connectivity index (χ1) is 9.02. The lowest BCUT2D eigenvalue weighted by molar-refractivity contribution is 0.255. The largest absolute Gasteiger partial charge is 0.306 e. The zero-order chi connectivity index (χ0) is 14.0. The van der Waals surface area contributed by atoms with Gasteiger partial charge in [0, 0.05) is 5.56 Å². The normalized spacial score (nSPS) is 17.7. The van der Waals surface area contributed by atoms with Gasteiger partial charge in [-0.1, -0.05) is 13.8 Å². The fraction of sp³-hybridized carbons (Fsp3) is 0.562. The molecule has 0 aliphatic carbocycles. The van der Waals surface area contributed by atoms with Crippen LogP contribution in [-0.2, 0) is 0 Å². The molecule has 1 aliphatic rings. The summed E-state index contributed by atoms with van der Waals surface area (Å²) in [6.07, 6.45) is 2.09. The van der Waals surface area contributed by atoms with Crippen molar-refractivity contribution in [2.75, 3.05) is 20.1 Å². The van der Waals surface area contributed by atoms with E-state index in [-0.39, 0.29) is 11.7 Å². The van der Waals surface area contributed by atoms with Gasteiger partial charge in [0.1, 0.15) is 5.82 Å². The van der Waals surface area contributed by atoms with Crippen LogP contribution < -0.4 is 0 Å². The Morgan fingerprint density at radius 1 is 1.32 bits per heavy atom. The molecule has 0 saturated carbocycles. The molecule has 0 N–H and O–H groups in total. The van der Waals surface area contributed by atoms with E-state index in [2.05, 4.69) is 18.0 Å². The highest BCUT2D eigenvalue weighted by molar-refractivity contribution is 5.44. The van der Waals surface area contributed by atoms with E-state index >= 15 is 0 Å². The smallest absolute Gasteiger partial charge is 0.128 e. The third kappa shape index (κ3) is 2.96. The summed E-state index contributed by atoms with van der Waals surface area (Å²) in [5.41, 5.74) is 2.05. The SMILES string of the molecule is CC(C)c1c(F)cc(C2CCN(C)CC2)cc1C#N. The first-order valence-electron chi connectivity index (χ1n) is 6.95. The van der Waals surface area contributed by atoms with Crippen molar-refractivity contribution in [2.45, 2.75) is 38.5 Å². The second-order valence-electron chi connectivity index (χ2n) is 5.81. The fourth-order valence-electron chi connectivity index (χ4n) is 2.90. The molecule has 0 radical (unpaired) electrons. The molecule has 0 spiro atoms. The maximum absolute atomic E-state index is 14.2. The molecule has 0 aromatic heterocycles. The lowest BCUT2D eigenvalue weighted by Gasteiger charge is -2.29. The molecule has 2 nitrogen and oxygen atoms in total. The van der Waals surface area contributed by atoms with Crippen LogP contribution in [0.1, 0.15) is 55.2 Å². The number of likely N-dealkylation sites (tertiary alicyclic amines) is 1. The van der Waals surface area contributed by atoms with Crippen molar-refractivity contribution in [3.05, 3.63) is 34.6 Å². The number of rotatable bonds is 2. The minimum absolute atomic E-state index is 0.0428. The van der Waals surface area contributed by atoms with E-state index < -0.39 is 0 Å². The standard InChI is InChI=1S/C16H21FN2/c1-11(2)16-14(10-18)8-13(9-15(16)17)12-4-6-19(3)7-5-12/h8-9,11-12H,4-7H2,1-3H3. The van der Waals surface area contributed by atoms with Crippen LogP contribution >= 0.6 is 0 Å². The summed E-state index contributed by atoms with van der Waals surface area (Å²) >= 11 is 0. The molecule has 1 aliphatic heterocycles. The molecular weight excluding hydrogens is 239 g/mol. The lowest BCUT2D eigenvalue weighted by Crippen LogP contribution is -2.29. The van der Waals surface area contributed by atoms with E-state index in [1.54, 1.807) is 6.07 Å². The number of hydrogen-bond acceptors (Lipinski definition) is 2. The maximum Gasteiger partial charge on any atom is 0.128 e. The van der Waals surface area contributed by atoms with Gasteiger partial charge < -0.3 is 4.90 Å². The van der Waals surface area contributed by atoms with Crippen LogP contribution in [0.4, 0.5) is 4.39 Å². The maximum atomic E-state index is 14.2. The lowest BCUT2D eigenvalue weighted by atomic mass is 9.86. The average molecular weight is 260 g/mol. The topological polar surface area (TPSA) is 27.0 Å². The van der Waals surface area contributed by atoms with E-state index in [1.807, 2.05) is 19.9 Å². The number of hydrogen-bond donors (Lipinski definition) is 0. The Hall–Kier alpha value is -1.40. The predicted molar refractivity (Wildman–Crippen MR) is 74.7 cm³/mol. The number of halogens is 1. The third-order valence-electron chi connectivity index (χ3n) is 4.04. The predicted octanol–water partition coefficient (Wildman–Crippen LogP) is 3.63. The molecule has 1 heterocycles. The van der Waals surface area contributed by atoms with Crippen molar-refractivity contribution in [2.24, 2.45) is 0 Å². The van der Waals surface area contributed by atoms with E-state index in [9.17, 15) is 9.65 Å². The molecule has 102 valence electrons. The van der Waals surface area contributed by atoms with Crippen molar-refractivity contribution in [1.29, 1.82) is 5.26 Å². The average Bonchev–Trinajstić information content (AvgIpc) is 2.38. The van der Waals surface area contributed by atoms with E-state index in [4.69, 9.17) is 0 Å². The summed E-state index contributed by atoms with van der Waals surface area (Å²) in [6, 6.07) is 5.70. The molecule has 0 atom stereocenters. The van der Waals surface area contributed by atoms with Crippen LogP contribution in [0.5, 0.6) is 0 Å². The molecule has 3 heteroatoms. The minimum Gasteiger partial charge on any atom is -0.306 e. The van der Waals surface area contributed by atoms with E-state index in [0.717, 1.165) is 31.5 Å². The van der Waals surface area contributed by atoms with Gasteiger partial charge in [0.15, 0.2) is 0 Å². The van der Waals surface area contributed by atoms with Crippen LogP contribution in [0.3, 0.4) is 0 Å². The van der Waals surface area contributed by atoms with Crippen molar-refractivity contribution < 1.29 is 4.39 Å². The molecule has 0 unspecified atom stereocenters. The second-order valence-corrected chi connectivity index (χ2v) is 5.81. The monoisotopic (exact) mass is 260 g/mol. The number of nitriles is 1. The summed E-state index contributed by atoms with van der Waals surface area (Å²) in [6.45, 7) is 5.93. The summed E-state index contributed by atoms with van der Waals surface area (Å²) in [5.74, 6) is 0.211. The summed E-state index contributed by atoms with van der Waals surface area (Å²) in [4.78, 5) is 2.29. The van der Waals surface area contributed by atoms with Gasteiger partial charge in [0.25, 0.3) is 0 Å². The first kappa shape index (κ1) is 14.0. The summed E-state index contributed by atoms with van der Waals surface area (Å²) < 4.78 is 14.2. The quantitative estimate of drug-likeness (QED) is 0.812. The zero-order valence-electron chi connectivity index (χ0n) is 11.9. The van der Waals surface area contributed by atoms with Gasteiger partial charge in [0.05, 0.1) is 11.6 Å². The Morgan fingerprint density at radius 3 is 2.47 bits per heavy atom. The summed E-state index contributed by atoms with van der Waals surface area (Å²) in [7, 11) is 2.11. The van der Waals surface area contributed by atoms with Crippen LogP contribution in [0.15, 0.2) is 12.1 Å². The Bertz CT molecular complexity index is 494. The van der Waals surface area contributed by atoms with Crippen molar-refractivity contribution in [3.8, 4) is 6.07 Å². The fourth-order valence-corrected chi connectivity index (χ4v) is 2.90. The zero-order valence-corrected chi connectivity index (χ0v) is 11.9. The van der Waals surface area contributed by atoms with Crippen LogP contribution in [0.2, 0.25) is 0 Å². The molecular formula is C16H21FN2. The molecule has 0 bridgehead atoms. The number of benzene rings is 1. The molecule has 1 aromatic carbocycles. The Labute approximate surface area is 114 Å². The van der Waals surface area contributed by atoms with Gasteiger partial charge in [-0.3, -0.25) is 0 Å². The Kier molecular flexibility index (Phi) is 4.21. The summed E-state index contributed by atoms with van der Waals surface area (Å²) in [5, 5.41) is 9.23. The van der Waals surface area contributed by atoms with Crippen molar-refractivity contribution >= 4 is 0 Å². The van der Waals surface area contributed by atoms with Crippen molar-refractivity contribution in [1.82, 2.24) is 4.90 Å². The van der Waals surface area contributed by atoms with Crippen LogP contribution in [0, 0.1) is 17.1 Å². The van der Waals surface area contributed by atoms with E-state index in [1.165, 1.54) is 0 Å². The van der Waals surface area contributed by atoms with Gasteiger partial charge in [0.2, 0.25) is 0 Å². The molecule has 2 rings (SSSR count). The molecule has 1 aromatic rings. The molecule has 1 saturated heterocycles. The van der Waals surface area contributed by atoms with Crippen LogP contribution in [0.25, 0.3) is 0 Å².